The fraction of sp³-hybridized carbons (Fsp3) is 0.261. The van der Waals surface area contributed by atoms with Crippen LogP contribution in [0, 0.1) is 17.8 Å². The number of nitrogen functional groups attached to an aromatic ring is 4. The van der Waals surface area contributed by atoms with Crippen LogP contribution in [0.3, 0.4) is 0 Å². The predicted molar refractivity (Wildman–Crippen MR) is 453 cm³/mol. The van der Waals surface area contributed by atoms with Crippen LogP contribution in [0.15, 0.2) is 243 Å². The van der Waals surface area contributed by atoms with Crippen LogP contribution in [-0.4, -0.2) is 63.5 Å². The quantitative estimate of drug-likeness (QED) is 0.0234. The van der Waals surface area contributed by atoms with Gasteiger partial charge in [-0.25, -0.2) is 39.9 Å². The number of benzene rings is 8. The van der Waals surface area contributed by atoms with Crippen molar-refractivity contribution in [3.63, 3.8) is 0 Å². The molecule has 1 saturated carbocycles. The van der Waals surface area contributed by atoms with Gasteiger partial charge in [0, 0.05) is 70.7 Å². The Morgan fingerprint density at radius 1 is 0.366 bits per heavy atom. The third-order valence-corrected chi connectivity index (χ3v) is 19.1. The van der Waals surface area contributed by atoms with Crippen molar-refractivity contribution in [2.24, 2.45) is 17.8 Å². The number of rotatable bonds is 26. The third kappa shape index (κ3) is 26.2. The van der Waals surface area contributed by atoms with E-state index in [1.54, 1.807) is 24.8 Å². The summed E-state index contributed by atoms with van der Waals surface area (Å²) >= 11 is 0. The normalized spacial score (nSPS) is 11.9. The van der Waals surface area contributed by atoms with E-state index < -0.39 is 0 Å². The van der Waals surface area contributed by atoms with Crippen LogP contribution in [-0.2, 0) is 70.5 Å². The molecule has 1 aliphatic rings. The largest absolute Gasteiger partial charge is 0.399 e. The average molecular weight is 1500 g/mol. The number of anilines is 8. The van der Waals surface area contributed by atoms with E-state index in [0.29, 0.717) is 90.5 Å². The van der Waals surface area contributed by atoms with Crippen LogP contribution < -0.4 is 44.2 Å². The molecule has 12 aromatic rings. The van der Waals surface area contributed by atoms with E-state index in [9.17, 15) is 19.2 Å². The number of carbonyl (C=O) groups excluding carboxylic acids is 4. The molecular weight excluding hydrogens is 1390 g/mol. The number of hydrogen-bond donors (Lipinski definition) is 8. The molecule has 0 radical (unpaired) electrons. The molecular formula is C92H102N16O4. The summed E-state index contributed by atoms with van der Waals surface area (Å²) in [5.74, 6) is 2.71. The number of aryl methyl sites for hydroxylation is 8. The fourth-order valence-electron chi connectivity index (χ4n) is 12.6. The van der Waals surface area contributed by atoms with Gasteiger partial charge in [-0.2, -0.15) is 0 Å². The Hall–Kier alpha value is -12.8. The Kier molecular flexibility index (Phi) is 30.8. The van der Waals surface area contributed by atoms with E-state index in [2.05, 4.69) is 89.7 Å². The molecule has 0 saturated heterocycles. The van der Waals surface area contributed by atoms with Crippen molar-refractivity contribution in [2.75, 3.05) is 44.2 Å². The first-order chi connectivity index (χ1) is 54.4. The predicted octanol–water partition coefficient (Wildman–Crippen LogP) is 17.9. The average Bonchev–Trinajstić information content (AvgIpc) is 0.842. The minimum atomic E-state index is -0.157. The molecule has 112 heavy (non-hydrogen) atoms. The van der Waals surface area contributed by atoms with Crippen molar-refractivity contribution in [1.29, 1.82) is 0 Å². The van der Waals surface area contributed by atoms with Gasteiger partial charge in [0.1, 0.15) is 0 Å². The van der Waals surface area contributed by atoms with Gasteiger partial charge in [-0.1, -0.05) is 217 Å². The lowest BCUT2D eigenvalue weighted by molar-refractivity contribution is -0.119. The van der Waals surface area contributed by atoms with Crippen molar-refractivity contribution in [3.05, 3.63) is 288 Å². The van der Waals surface area contributed by atoms with Gasteiger partial charge in [-0.15, -0.1) is 0 Å². The molecule has 20 heteroatoms. The zero-order valence-electron chi connectivity index (χ0n) is 64.7. The molecule has 0 bridgehead atoms. The van der Waals surface area contributed by atoms with Gasteiger partial charge in [0.15, 0.2) is 23.3 Å². The first kappa shape index (κ1) is 81.7. The van der Waals surface area contributed by atoms with Crippen molar-refractivity contribution in [3.8, 4) is 45.0 Å². The van der Waals surface area contributed by atoms with E-state index in [-0.39, 0.29) is 35.5 Å². The second kappa shape index (κ2) is 42.2. The second-order valence-electron chi connectivity index (χ2n) is 28.5. The zero-order valence-corrected chi connectivity index (χ0v) is 64.7. The molecule has 0 spiro atoms. The van der Waals surface area contributed by atoms with E-state index in [0.717, 1.165) is 113 Å². The first-order valence-corrected chi connectivity index (χ1v) is 38.6. The Bertz CT molecular complexity index is 4960. The monoisotopic (exact) mass is 1490 g/mol. The van der Waals surface area contributed by atoms with Crippen LogP contribution in [0.1, 0.15) is 131 Å². The van der Waals surface area contributed by atoms with Gasteiger partial charge in [0.25, 0.3) is 0 Å². The Labute approximate surface area is 657 Å². The molecule has 8 aromatic carbocycles. The van der Waals surface area contributed by atoms with Gasteiger partial charge < -0.3 is 44.2 Å². The Balaban J connectivity index is 0.000000159. The van der Waals surface area contributed by atoms with Crippen LogP contribution in [0.5, 0.6) is 0 Å². The number of aromatic nitrogens is 8. The number of nitrogens with one attached hydrogen (secondary N) is 4. The molecule has 20 nitrogen and oxygen atoms in total. The summed E-state index contributed by atoms with van der Waals surface area (Å²) in [7, 11) is 0. The molecule has 1 fully saturated rings. The minimum Gasteiger partial charge on any atom is -0.399 e. The van der Waals surface area contributed by atoms with E-state index in [1.165, 1.54) is 48.4 Å². The highest BCUT2D eigenvalue weighted by molar-refractivity contribution is 5.93. The molecule has 1 unspecified atom stereocenters. The van der Waals surface area contributed by atoms with Gasteiger partial charge in [0.2, 0.25) is 23.6 Å². The standard InChI is InChI=1S/C26H30N4O.2C23H26N4O.C20H20N4O/c27-22-14-12-21(13-15-22)24-18-28-26(30-25(31)17-20-9-5-2-6-10-20)23(29-24)16-11-19-7-3-1-4-8-19;1-16(2)14-22(28)27-23-20(13-8-17-6-4-3-5-7-17)26-21(15-25-23)18-9-11-19(24)12-10-18;1-3-16(2)23(28)27-22-20(14-9-17-7-5-4-6-8-17)26-21(15-25-22)18-10-12-19(24)13-11-18;1-14(25)23-20-18(12-7-15-5-3-2-4-6-15)24-19(13-22-20)16-8-10-17(21)11-9-16/h1,3-4,7-8,12-15,18,20H,2,5-6,9-11,16-17,27H2,(H,28,30,31);3-7,9-12,15-16H,8,13-14,24H2,1-2H3,(H,25,27,28);4-8,10-13,15-16H,3,9,14,24H2,1-2H3,(H,25,27,28);2-6,8-11,13H,7,12,21H2,1H3,(H,22,23,25). The van der Waals surface area contributed by atoms with E-state index in [1.807, 2.05) is 198 Å². The van der Waals surface area contributed by atoms with Crippen LogP contribution in [0.25, 0.3) is 45.0 Å². The minimum absolute atomic E-state index is 0.0296. The molecule has 574 valence electrons. The van der Waals surface area contributed by atoms with Crippen molar-refractivity contribution in [2.45, 2.75) is 137 Å². The summed E-state index contributed by atoms with van der Waals surface area (Å²) in [5, 5.41) is 11.7. The summed E-state index contributed by atoms with van der Waals surface area (Å²) in [6.45, 7) is 9.42. The summed E-state index contributed by atoms with van der Waals surface area (Å²) in [4.78, 5) is 86.0. The molecule has 12 N–H and O–H groups in total. The number of hydrogen-bond acceptors (Lipinski definition) is 16. The molecule has 1 aliphatic carbocycles. The summed E-state index contributed by atoms with van der Waals surface area (Å²) in [6, 6.07) is 71.2. The van der Waals surface area contributed by atoms with Crippen molar-refractivity contribution >= 4 is 69.6 Å². The highest BCUT2D eigenvalue weighted by Gasteiger charge is 2.22. The number of nitrogens with zero attached hydrogens (tertiary/aromatic N) is 8. The molecule has 13 rings (SSSR count). The van der Waals surface area contributed by atoms with E-state index in [4.69, 9.17) is 42.9 Å². The lowest BCUT2D eigenvalue weighted by atomic mass is 9.87. The van der Waals surface area contributed by atoms with Crippen LogP contribution >= 0.6 is 0 Å². The first-order valence-electron chi connectivity index (χ1n) is 38.6. The number of amides is 4. The topological polar surface area (TPSA) is 324 Å². The summed E-state index contributed by atoms with van der Waals surface area (Å²) < 4.78 is 0. The maximum absolute atomic E-state index is 12.7. The molecule has 4 heterocycles. The van der Waals surface area contributed by atoms with Crippen LogP contribution in [0.2, 0.25) is 0 Å². The lowest BCUT2D eigenvalue weighted by Crippen LogP contribution is -2.22. The third-order valence-electron chi connectivity index (χ3n) is 19.1. The van der Waals surface area contributed by atoms with Gasteiger partial charge >= 0.3 is 0 Å². The zero-order chi connectivity index (χ0) is 79.0. The Morgan fingerprint density at radius 2 is 0.652 bits per heavy atom. The highest BCUT2D eigenvalue weighted by atomic mass is 16.2. The highest BCUT2D eigenvalue weighted by Crippen LogP contribution is 2.30. The fourth-order valence-corrected chi connectivity index (χ4v) is 12.6. The van der Waals surface area contributed by atoms with Gasteiger partial charge in [0.05, 0.1) is 70.3 Å². The number of nitrogens with two attached hydrogens (primary N) is 4. The second-order valence-corrected chi connectivity index (χ2v) is 28.5. The van der Waals surface area contributed by atoms with Crippen LogP contribution in [0.4, 0.5) is 46.0 Å². The summed E-state index contributed by atoms with van der Waals surface area (Å²) in [6.07, 6.45) is 20.8. The van der Waals surface area contributed by atoms with E-state index >= 15 is 0 Å². The maximum Gasteiger partial charge on any atom is 0.228 e. The number of carbonyl (C=O) groups is 4. The Morgan fingerprint density at radius 3 is 0.938 bits per heavy atom. The lowest BCUT2D eigenvalue weighted by Gasteiger charge is -2.21. The molecule has 4 aromatic heterocycles. The smallest absolute Gasteiger partial charge is 0.228 e. The van der Waals surface area contributed by atoms with Crippen molar-refractivity contribution < 1.29 is 19.2 Å². The van der Waals surface area contributed by atoms with Gasteiger partial charge in [-0.05, 0) is 153 Å². The van der Waals surface area contributed by atoms with Crippen molar-refractivity contribution in [1.82, 2.24) is 39.9 Å². The SMILES string of the molecule is CC(=O)Nc1ncc(-c2ccc(N)cc2)nc1CCc1ccccc1.CC(C)CC(=O)Nc1ncc(-c2ccc(N)cc2)nc1CCc1ccccc1.CCC(C)C(=O)Nc1ncc(-c2ccc(N)cc2)nc1CCc1ccccc1.Nc1ccc(-c2cnc(NC(=O)CC3CCCCC3)c(CCc3ccccc3)n2)cc1. The molecule has 1 atom stereocenters. The van der Waals surface area contributed by atoms with Gasteiger partial charge in [-0.3, -0.25) is 19.2 Å². The molecule has 0 aliphatic heterocycles. The molecule has 4 amide bonds. The maximum atomic E-state index is 12.7. The summed E-state index contributed by atoms with van der Waals surface area (Å²) in [5.41, 5.74) is 40.9.